The number of hydrogen-bond donors (Lipinski definition) is 1. The first-order valence-electron chi connectivity index (χ1n) is 10.6. The van der Waals surface area contributed by atoms with Gasteiger partial charge in [0.1, 0.15) is 6.54 Å². The summed E-state index contributed by atoms with van der Waals surface area (Å²) in [5.41, 5.74) is 0.336. The van der Waals surface area contributed by atoms with Crippen LogP contribution in [0.25, 0.3) is 0 Å². The van der Waals surface area contributed by atoms with Gasteiger partial charge in [-0.05, 0) is 51.8 Å². The largest absolute Gasteiger partial charge is 0.490 e. The van der Waals surface area contributed by atoms with Gasteiger partial charge in [-0.15, -0.1) is 0 Å². The lowest BCUT2D eigenvalue weighted by Crippen LogP contribution is -2.42. The fourth-order valence-corrected chi connectivity index (χ4v) is 3.28. The van der Waals surface area contributed by atoms with Gasteiger partial charge >= 0.3 is 5.97 Å². The molecule has 8 heteroatoms. The van der Waals surface area contributed by atoms with Crippen molar-refractivity contribution in [1.82, 2.24) is 10.2 Å². The monoisotopic (exact) mass is 420 g/mol. The highest BCUT2D eigenvalue weighted by molar-refractivity contribution is 5.96. The second-order valence-electron chi connectivity index (χ2n) is 7.08. The third-order valence-corrected chi connectivity index (χ3v) is 4.77. The fraction of sp³-hybridized carbons (Fsp3) is 0.591. The van der Waals surface area contributed by atoms with Crippen LogP contribution in [0.5, 0.6) is 11.5 Å². The molecule has 1 aromatic carbocycles. The smallest absolute Gasteiger partial charge is 0.326 e. The van der Waals surface area contributed by atoms with Crippen LogP contribution in [0.2, 0.25) is 0 Å². The molecular formula is C22H32N2O6. The molecule has 2 amide bonds. The lowest BCUT2D eigenvalue weighted by molar-refractivity contribution is -0.158. The van der Waals surface area contributed by atoms with E-state index in [9.17, 15) is 14.4 Å². The molecule has 1 N–H and O–H groups in total. The van der Waals surface area contributed by atoms with Gasteiger partial charge in [0.05, 0.1) is 13.2 Å². The Morgan fingerprint density at radius 2 is 1.63 bits per heavy atom. The Labute approximate surface area is 177 Å². The molecule has 0 saturated carbocycles. The first kappa shape index (κ1) is 23.5. The Hall–Kier alpha value is -2.77. The van der Waals surface area contributed by atoms with Crippen LogP contribution in [0.3, 0.4) is 0 Å². The molecule has 1 aliphatic rings. The summed E-state index contributed by atoms with van der Waals surface area (Å²) in [7, 11) is 0. The molecular weight excluding hydrogens is 388 g/mol. The van der Waals surface area contributed by atoms with Crippen LogP contribution in [0, 0.1) is 0 Å². The highest BCUT2D eigenvalue weighted by atomic mass is 16.5. The topological polar surface area (TPSA) is 94.2 Å². The van der Waals surface area contributed by atoms with E-state index >= 15 is 0 Å². The maximum Gasteiger partial charge on any atom is 0.326 e. The van der Waals surface area contributed by atoms with Gasteiger partial charge in [0, 0.05) is 18.7 Å². The SMILES string of the molecule is CCOc1ccc(C(=O)NCC(=O)OC(C)C(=O)N2CCCCCC2)cc1OCC. The normalized spacial score (nSPS) is 15.0. The van der Waals surface area contributed by atoms with E-state index in [2.05, 4.69) is 5.32 Å². The molecule has 2 rings (SSSR count). The number of carbonyl (C=O) groups is 3. The van der Waals surface area contributed by atoms with Crippen molar-refractivity contribution in [2.75, 3.05) is 32.8 Å². The maximum absolute atomic E-state index is 12.5. The van der Waals surface area contributed by atoms with Gasteiger partial charge in [0.25, 0.3) is 11.8 Å². The van der Waals surface area contributed by atoms with E-state index in [1.807, 2.05) is 13.8 Å². The second kappa shape index (κ2) is 12.0. The van der Waals surface area contributed by atoms with E-state index in [0.29, 0.717) is 43.4 Å². The van der Waals surface area contributed by atoms with Crippen molar-refractivity contribution in [3.8, 4) is 11.5 Å². The second-order valence-corrected chi connectivity index (χ2v) is 7.08. The van der Waals surface area contributed by atoms with Crippen molar-refractivity contribution in [3.05, 3.63) is 23.8 Å². The predicted octanol–water partition coefficient (Wildman–Crippen LogP) is 2.55. The first-order valence-corrected chi connectivity index (χ1v) is 10.6. The predicted molar refractivity (Wildman–Crippen MR) is 112 cm³/mol. The van der Waals surface area contributed by atoms with Crippen LogP contribution in [-0.4, -0.2) is 61.6 Å². The summed E-state index contributed by atoms with van der Waals surface area (Å²) in [5, 5.41) is 2.52. The third kappa shape index (κ3) is 6.93. The number of rotatable bonds is 9. The summed E-state index contributed by atoms with van der Waals surface area (Å²) in [6.45, 7) is 7.23. The van der Waals surface area contributed by atoms with E-state index in [-0.39, 0.29) is 12.5 Å². The maximum atomic E-state index is 12.5. The molecule has 166 valence electrons. The number of nitrogens with one attached hydrogen (secondary N) is 1. The summed E-state index contributed by atoms with van der Waals surface area (Å²) in [6, 6.07) is 4.82. The number of likely N-dealkylation sites (tertiary alicyclic amines) is 1. The number of esters is 1. The van der Waals surface area contributed by atoms with Crippen LogP contribution in [0.4, 0.5) is 0 Å². The third-order valence-electron chi connectivity index (χ3n) is 4.77. The molecule has 1 aliphatic heterocycles. The van der Waals surface area contributed by atoms with E-state index in [0.717, 1.165) is 25.7 Å². The minimum absolute atomic E-state index is 0.190. The molecule has 8 nitrogen and oxygen atoms in total. The van der Waals surface area contributed by atoms with E-state index in [1.54, 1.807) is 30.0 Å². The molecule has 0 spiro atoms. The highest BCUT2D eigenvalue weighted by Gasteiger charge is 2.24. The number of nitrogens with zero attached hydrogens (tertiary/aromatic N) is 1. The van der Waals surface area contributed by atoms with Gasteiger partial charge in [-0.25, -0.2) is 0 Å². The van der Waals surface area contributed by atoms with Crippen LogP contribution >= 0.6 is 0 Å². The summed E-state index contributed by atoms with van der Waals surface area (Å²) in [4.78, 5) is 38.7. The van der Waals surface area contributed by atoms with Crippen LogP contribution in [0.1, 0.15) is 56.8 Å². The molecule has 1 atom stereocenters. The molecule has 0 aromatic heterocycles. The molecule has 0 bridgehead atoms. The fourth-order valence-electron chi connectivity index (χ4n) is 3.28. The van der Waals surface area contributed by atoms with Crippen molar-refractivity contribution in [3.63, 3.8) is 0 Å². The van der Waals surface area contributed by atoms with Crippen LogP contribution < -0.4 is 14.8 Å². The average molecular weight is 421 g/mol. The highest BCUT2D eigenvalue weighted by Crippen LogP contribution is 2.28. The quantitative estimate of drug-likeness (QED) is 0.617. The van der Waals surface area contributed by atoms with Gasteiger partial charge in [0.2, 0.25) is 0 Å². The molecule has 1 unspecified atom stereocenters. The average Bonchev–Trinajstić information content (AvgIpc) is 3.02. The number of benzene rings is 1. The van der Waals surface area contributed by atoms with Crippen molar-refractivity contribution >= 4 is 17.8 Å². The molecule has 1 saturated heterocycles. The number of ether oxygens (including phenoxy) is 3. The number of hydrogen-bond acceptors (Lipinski definition) is 6. The lowest BCUT2D eigenvalue weighted by atomic mass is 10.2. The summed E-state index contributed by atoms with van der Waals surface area (Å²) >= 11 is 0. The summed E-state index contributed by atoms with van der Waals surface area (Å²) in [5.74, 6) is -0.274. The van der Waals surface area contributed by atoms with E-state index in [1.165, 1.54) is 0 Å². The molecule has 1 aromatic rings. The van der Waals surface area contributed by atoms with Gasteiger partial charge in [-0.1, -0.05) is 12.8 Å². The molecule has 1 heterocycles. The Morgan fingerprint density at radius 3 is 2.27 bits per heavy atom. The lowest BCUT2D eigenvalue weighted by Gasteiger charge is -2.24. The molecule has 0 aliphatic carbocycles. The van der Waals surface area contributed by atoms with Crippen LogP contribution in [-0.2, 0) is 14.3 Å². The molecule has 1 fully saturated rings. The van der Waals surface area contributed by atoms with Gasteiger partial charge < -0.3 is 24.4 Å². The van der Waals surface area contributed by atoms with Crippen molar-refractivity contribution in [1.29, 1.82) is 0 Å². The van der Waals surface area contributed by atoms with E-state index < -0.39 is 18.0 Å². The summed E-state index contributed by atoms with van der Waals surface area (Å²) in [6.07, 6.45) is 3.28. The standard InChI is InChI=1S/C22H32N2O6/c1-4-28-18-11-10-17(14-19(18)29-5-2)21(26)23-15-20(25)30-16(3)22(27)24-12-8-6-7-9-13-24/h10-11,14,16H,4-9,12-13,15H2,1-3H3,(H,23,26). The zero-order chi connectivity index (χ0) is 21.9. The molecule has 30 heavy (non-hydrogen) atoms. The Kier molecular flexibility index (Phi) is 9.44. The number of amides is 2. The Morgan fingerprint density at radius 1 is 1.00 bits per heavy atom. The van der Waals surface area contributed by atoms with Crippen molar-refractivity contribution < 1.29 is 28.6 Å². The minimum Gasteiger partial charge on any atom is -0.490 e. The van der Waals surface area contributed by atoms with Crippen molar-refractivity contribution in [2.45, 2.75) is 52.6 Å². The van der Waals surface area contributed by atoms with Gasteiger partial charge in [-0.2, -0.15) is 0 Å². The Balaban J connectivity index is 1.86. The number of carbonyl (C=O) groups excluding carboxylic acids is 3. The van der Waals surface area contributed by atoms with Crippen molar-refractivity contribution in [2.24, 2.45) is 0 Å². The molecule has 0 radical (unpaired) electrons. The Bertz CT molecular complexity index is 728. The van der Waals surface area contributed by atoms with Gasteiger partial charge in [-0.3, -0.25) is 14.4 Å². The van der Waals surface area contributed by atoms with Gasteiger partial charge in [0.15, 0.2) is 17.6 Å². The van der Waals surface area contributed by atoms with E-state index in [4.69, 9.17) is 14.2 Å². The first-order chi connectivity index (χ1) is 14.5. The zero-order valence-corrected chi connectivity index (χ0v) is 18.1. The van der Waals surface area contributed by atoms with Crippen LogP contribution in [0.15, 0.2) is 18.2 Å². The minimum atomic E-state index is -0.873. The zero-order valence-electron chi connectivity index (χ0n) is 18.1. The summed E-state index contributed by atoms with van der Waals surface area (Å²) < 4.78 is 16.2.